The van der Waals surface area contributed by atoms with E-state index in [0.29, 0.717) is 11.4 Å². The molecule has 0 fully saturated rings. The van der Waals surface area contributed by atoms with E-state index in [0.717, 1.165) is 0 Å². The zero-order valence-corrected chi connectivity index (χ0v) is 12.8. The molecule has 1 aromatic rings. The highest BCUT2D eigenvalue weighted by atomic mass is 35.5. The Labute approximate surface area is 118 Å². The lowest BCUT2D eigenvalue weighted by Crippen LogP contribution is -2.35. The lowest BCUT2D eigenvalue weighted by atomic mass is 10.3. The third-order valence-electron chi connectivity index (χ3n) is 2.89. The average molecular weight is 311 g/mol. The zero-order valence-electron chi connectivity index (χ0n) is 10.4. The molecule has 1 unspecified atom stereocenters. The van der Waals surface area contributed by atoms with Crippen LogP contribution in [0.4, 0.5) is 5.69 Å². The Morgan fingerprint density at radius 1 is 1.39 bits per heavy atom. The molecule has 0 spiro atoms. The maximum atomic E-state index is 12.4. The number of nitrogens with two attached hydrogens (primary N) is 1. The molecule has 1 rings (SSSR count). The third-order valence-corrected chi connectivity index (χ3v) is 5.60. The number of hydrogen-bond acceptors (Lipinski definition) is 3. The molecule has 4 nitrogen and oxygen atoms in total. The van der Waals surface area contributed by atoms with Gasteiger partial charge in [-0.2, -0.15) is 4.31 Å². The molecule has 0 radical (unpaired) electrons. The van der Waals surface area contributed by atoms with Crippen molar-refractivity contribution < 1.29 is 8.42 Å². The lowest BCUT2D eigenvalue weighted by Gasteiger charge is -2.24. The van der Waals surface area contributed by atoms with Crippen LogP contribution in [0.5, 0.6) is 0 Å². The van der Waals surface area contributed by atoms with Crippen molar-refractivity contribution >= 4 is 38.9 Å². The maximum absolute atomic E-state index is 12.4. The predicted molar refractivity (Wildman–Crippen MR) is 75.6 cm³/mol. The molecule has 0 amide bonds. The van der Waals surface area contributed by atoms with Crippen molar-refractivity contribution in [2.75, 3.05) is 12.8 Å². The number of nitrogens with zero attached hydrogens (tertiary/aromatic N) is 1. The fraction of sp³-hybridized carbons (Fsp3) is 0.455. The highest BCUT2D eigenvalue weighted by molar-refractivity contribution is 7.89. The van der Waals surface area contributed by atoms with Gasteiger partial charge in [0, 0.05) is 18.1 Å². The van der Waals surface area contributed by atoms with Crippen LogP contribution in [0.25, 0.3) is 0 Å². The molecule has 18 heavy (non-hydrogen) atoms. The van der Waals surface area contributed by atoms with Crippen LogP contribution in [-0.2, 0) is 10.0 Å². The number of halogens is 2. The van der Waals surface area contributed by atoms with Crippen molar-refractivity contribution in [1.82, 2.24) is 4.31 Å². The molecule has 0 heterocycles. The van der Waals surface area contributed by atoms with Gasteiger partial charge in [-0.3, -0.25) is 0 Å². The molecule has 0 saturated heterocycles. The molecular weight excluding hydrogens is 295 g/mol. The monoisotopic (exact) mass is 310 g/mol. The van der Waals surface area contributed by atoms with Crippen molar-refractivity contribution in [1.29, 1.82) is 0 Å². The van der Waals surface area contributed by atoms with Crippen LogP contribution in [0.3, 0.4) is 0 Å². The van der Waals surface area contributed by atoms with E-state index in [9.17, 15) is 8.42 Å². The van der Waals surface area contributed by atoms with Gasteiger partial charge in [0.2, 0.25) is 10.0 Å². The van der Waals surface area contributed by atoms with Crippen LogP contribution < -0.4 is 5.73 Å². The average Bonchev–Trinajstić information content (AvgIpc) is 2.24. The van der Waals surface area contributed by atoms with Gasteiger partial charge in [0.05, 0.1) is 10.7 Å². The predicted octanol–water partition coefficient (Wildman–Crippen LogP) is 2.99. The first-order chi connectivity index (χ1) is 8.21. The molecule has 0 aliphatic rings. The number of hydrogen-bond donors (Lipinski definition) is 1. The number of sulfonamides is 1. The SMILES string of the molecule is CCC(C)N(C)S(=O)(=O)c1c(N)cc(Cl)cc1Cl. The van der Waals surface area contributed by atoms with Crippen molar-refractivity contribution in [3.05, 3.63) is 22.2 Å². The van der Waals surface area contributed by atoms with E-state index in [1.807, 2.05) is 13.8 Å². The summed E-state index contributed by atoms with van der Waals surface area (Å²) in [6.07, 6.45) is 0.695. The Bertz CT molecular complexity index is 523. The van der Waals surface area contributed by atoms with Crippen molar-refractivity contribution in [3.63, 3.8) is 0 Å². The summed E-state index contributed by atoms with van der Waals surface area (Å²) in [4.78, 5) is -0.0867. The number of benzene rings is 1. The fourth-order valence-corrected chi connectivity index (χ4v) is 3.87. The van der Waals surface area contributed by atoms with Crippen LogP contribution in [0.2, 0.25) is 10.0 Å². The van der Waals surface area contributed by atoms with Crippen LogP contribution in [0.15, 0.2) is 17.0 Å². The van der Waals surface area contributed by atoms with E-state index in [4.69, 9.17) is 28.9 Å². The molecule has 2 N–H and O–H groups in total. The smallest absolute Gasteiger partial charge is 0.246 e. The Morgan fingerprint density at radius 3 is 2.39 bits per heavy atom. The summed E-state index contributed by atoms with van der Waals surface area (Å²) in [6, 6.07) is 2.61. The van der Waals surface area contributed by atoms with Gasteiger partial charge < -0.3 is 5.73 Å². The van der Waals surface area contributed by atoms with Crippen molar-refractivity contribution in [2.24, 2.45) is 0 Å². The van der Waals surface area contributed by atoms with E-state index in [-0.39, 0.29) is 21.6 Å². The molecular formula is C11H16Cl2N2O2S. The van der Waals surface area contributed by atoms with Gasteiger partial charge in [-0.1, -0.05) is 30.1 Å². The van der Waals surface area contributed by atoms with Gasteiger partial charge in [0.1, 0.15) is 4.90 Å². The van der Waals surface area contributed by atoms with Crippen LogP contribution in [0, 0.1) is 0 Å². The summed E-state index contributed by atoms with van der Waals surface area (Å²) in [6.45, 7) is 3.72. The topological polar surface area (TPSA) is 63.4 Å². The Balaban J connectivity index is 3.38. The minimum absolute atomic E-state index is 0.0372. The molecule has 1 aromatic carbocycles. The maximum Gasteiger partial charge on any atom is 0.246 e. The largest absolute Gasteiger partial charge is 0.398 e. The third kappa shape index (κ3) is 2.91. The second kappa shape index (κ2) is 5.65. The van der Waals surface area contributed by atoms with E-state index >= 15 is 0 Å². The summed E-state index contributed by atoms with van der Waals surface area (Å²) in [5, 5.41) is 0.345. The van der Waals surface area contributed by atoms with E-state index in [1.165, 1.54) is 23.5 Å². The summed E-state index contributed by atoms with van der Waals surface area (Å²) in [5.74, 6) is 0. The Hall–Kier alpha value is -0.490. The summed E-state index contributed by atoms with van der Waals surface area (Å²) in [7, 11) is -2.20. The first-order valence-corrected chi connectivity index (χ1v) is 7.64. The highest BCUT2D eigenvalue weighted by Crippen LogP contribution is 2.33. The highest BCUT2D eigenvalue weighted by Gasteiger charge is 2.29. The second-order valence-corrected chi connectivity index (χ2v) is 6.86. The summed E-state index contributed by atoms with van der Waals surface area (Å²) in [5.41, 5.74) is 5.77. The zero-order chi connectivity index (χ0) is 14.1. The Kier molecular flexibility index (Phi) is 4.89. The van der Waals surface area contributed by atoms with E-state index in [1.54, 1.807) is 0 Å². The van der Waals surface area contributed by atoms with Gasteiger partial charge >= 0.3 is 0 Å². The molecule has 0 aliphatic heterocycles. The summed E-state index contributed by atoms with van der Waals surface area (Å²) < 4.78 is 26.1. The van der Waals surface area contributed by atoms with Gasteiger partial charge in [-0.25, -0.2) is 8.42 Å². The van der Waals surface area contributed by atoms with Gasteiger partial charge in [-0.15, -0.1) is 0 Å². The van der Waals surface area contributed by atoms with Crippen LogP contribution in [0.1, 0.15) is 20.3 Å². The minimum Gasteiger partial charge on any atom is -0.398 e. The standard InChI is InChI=1S/C11H16Cl2N2O2S/c1-4-7(2)15(3)18(16,17)11-9(13)5-8(12)6-10(11)14/h5-7H,4,14H2,1-3H3. The lowest BCUT2D eigenvalue weighted by molar-refractivity contribution is 0.381. The first kappa shape index (κ1) is 15.6. The fourth-order valence-electron chi connectivity index (χ4n) is 1.49. The van der Waals surface area contributed by atoms with Crippen molar-refractivity contribution in [3.8, 4) is 0 Å². The molecule has 0 aromatic heterocycles. The van der Waals surface area contributed by atoms with Gasteiger partial charge in [-0.05, 0) is 25.5 Å². The van der Waals surface area contributed by atoms with E-state index < -0.39 is 10.0 Å². The molecule has 102 valence electrons. The normalized spacial score (nSPS) is 13.9. The van der Waals surface area contributed by atoms with Gasteiger partial charge in [0.15, 0.2) is 0 Å². The minimum atomic E-state index is -3.71. The van der Waals surface area contributed by atoms with Crippen LogP contribution in [-0.4, -0.2) is 25.8 Å². The second-order valence-electron chi connectivity index (χ2n) is 4.08. The molecule has 1 atom stereocenters. The first-order valence-electron chi connectivity index (χ1n) is 5.44. The molecule has 0 bridgehead atoms. The summed E-state index contributed by atoms with van der Waals surface area (Å²) >= 11 is 11.7. The number of nitrogen functional groups attached to an aromatic ring is 1. The molecule has 0 aliphatic carbocycles. The van der Waals surface area contributed by atoms with E-state index in [2.05, 4.69) is 0 Å². The number of rotatable bonds is 4. The van der Waals surface area contributed by atoms with Gasteiger partial charge in [0.25, 0.3) is 0 Å². The van der Waals surface area contributed by atoms with Crippen molar-refractivity contribution in [2.45, 2.75) is 31.2 Å². The quantitative estimate of drug-likeness (QED) is 0.869. The molecule has 7 heteroatoms. The Morgan fingerprint density at radius 2 is 1.94 bits per heavy atom. The van der Waals surface area contributed by atoms with Crippen LogP contribution >= 0.6 is 23.2 Å². The molecule has 0 saturated carbocycles. The number of anilines is 1.